The molecule has 0 bridgehead atoms. The molecule has 6 N–H and O–H groups in total. The monoisotopic (exact) mass is 697 g/mol. The number of rotatable bonds is 14. The summed E-state index contributed by atoms with van der Waals surface area (Å²) in [5, 5.41) is 14.2. The number of nitrogens with two attached hydrogens (primary N) is 1. The summed E-state index contributed by atoms with van der Waals surface area (Å²) in [7, 11) is -4.77. The number of phenols is 1. The second kappa shape index (κ2) is 13.8. The van der Waals surface area contributed by atoms with Crippen LogP contribution < -0.4 is 15.6 Å². The van der Waals surface area contributed by atoms with E-state index in [0.717, 1.165) is 35.1 Å². The first-order chi connectivity index (χ1) is 19.6. The van der Waals surface area contributed by atoms with Crippen molar-refractivity contribution in [2.24, 2.45) is 0 Å². The number of ether oxygens (including phenoxy) is 1. The number of nitrogens with zero attached hydrogens (tertiary/aromatic N) is 3. The molecule has 0 saturated carbocycles. The number of benzene rings is 2. The van der Waals surface area contributed by atoms with Gasteiger partial charge in [-0.3, -0.25) is 14.6 Å². The normalized spacial score (nSPS) is 11.8. The summed E-state index contributed by atoms with van der Waals surface area (Å²) in [6.07, 6.45) is 3.15. The van der Waals surface area contributed by atoms with Gasteiger partial charge in [-0.05, 0) is 42.7 Å². The van der Waals surface area contributed by atoms with E-state index in [9.17, 15) is 24.3 Å². The van der Waals surface area contributed by atoms with Crippen LogP contribution >= 0.6 is 30.4 Å². The van der Waals surface area contributed by atoms with Gasteiger partial charge in [-0.1, -0.05) is 48.1 Å². The van der Waals surface area contributed by atoms with E-state index in [4.69, 9.17) is 20.0 Å². The highest BCUT2D eigenvalue weighted by molar-refractivity contribution is 14.1. The Bertz CT molecular complexity index is 1590. The number of hydrogen-bond donors (Lipinski definition) is 5. The second-order valence-electron chi connectivity index (χ2n) is 9.48. The molecule has 0 unspecified atom stereocenters. The van der Waals surface area contributed by atoms with E-state index in [1.165, 1.54) is 18.2 Å². The molecular formula is C27H33IN5O7P. The highest BCUT2D eigenvalue weighted by Gasteiger charge is 2.21. The number of hydrogen-bond acceptors (Lipinski definition) is 8. The zero-order chi connectivity index (χ0) is 29.6. The number of imidazole rings is 1. The van der Waals surface area contributed by atoms with Crippen molar-refractivity contribution < 1.29 is 33.5 Å². The number of carbonyl (C=O) groups excluding carboxylic acids is 1. The predicted molar refractivity (Wildman–Crippen MR) is 164 cm³/mol. The van der Waals surface area contributed by atoms with E-state index in [1.54, 1.807) is 0 Å². The smallest absolute Gasteiger partial charge is 0.508 e. The lowest BCUT2D eigenvalue weighted by molar-refractivity contribution is -0.118. The van der Waals surface area contributed by atoms with Crippen molar-refractivity contribution >= 4 is 64.1 Å². The van der Waals surface area contributed by atoms with Gasteiger partial charge in [0.05, 0.1) is 35.2 Å². The van der Waals surface area contributed by atoms with E-state index in [2.05, 4.69) is 17.2 Å². The van der Waals surface area contributed by atoms with Crippen LogP contribution in [-0.4, -0.2) is 59.5 Å². The fraction of sp³-hybridized carbons (Fsp3) is 0.370. The number of fused-ring (bicyclic) bond motifs is 3. The zero-order valence-electron chi connectivity index (χ0n) is 22.5. The maximum Gasteiger partial charge on any atom is 0.524 e. The van der Waals surface area contributed by atoms with Crippen LogP contribution in [0.15, 0.2) is 36.4 Å². The Balaban J connectivity index is 1.66. The van der Waals surface area contributed by atoms with Gasteiger partial charge in [0.15, 0.2) is 5.82 Å². The van der Waals surface area contributed by atoms with Crippen molar-refractivity contribution in [3.05, 3.63) is 53.3 Å². The SMILES string of the molecule is CCCCc1nc2c(N)nc3cc(CCOCCNC(=O)CI)ccc3c2n1Cc1cc(OP(=O)(O)O)ccc1O. The quantitative estimate of drug-likeness (QED) is 0.0562. The minimum atomic E-state index is -4.77. The number of phenolic OH excluding ortho intramolecular Hbond substituents is 1. The summed E-state index contributed by atoms with van der Waals surface area (Å²) in [5.41, 5.74) is 9.80. The summed E-state index contributed by atoms with van der Waals surface area (Å²) in [6.45, 7) is 3.62. The van der Waals surface area contributed by atoms with Gasteiger partial charge in [-0.25, -0.2) is 14.5 Å². The van der Waals surface area contributed by atoms with Crippen LogP contribution in [0.5, 0.6) is 11.5 Å². The fourth-order valence-electron chi connectivity index (χ4n) is 4.51. The van der Waals surface area contributed by atoms with E-state index in [0.29, 0.717) is 53.6 Å². The van der Waals surface area contributed by atoms with Gasteiger partial charge in [0.2, 0.25) is 5.91 Å². The maximum atomic E-state index is 11.4. The fourth-order valence-corrected chi connectivity index (χ4v) is 5.17. The maximum absolute atomic E-state index is 11.4. The van der Waals surface area contributed by atoms with E-state index >= 15 is 0 Å². The lowest BCUT2D eigenvalue weighted by atomic mass is 10.1. The molecule has 0 radical (unpaired) electrons. The average Bonchev–Trinajstić information content (AvgIpc) is 3.29. The number of aromatic hydroxyl groups is 1. The number of amides is 1. The highest BCUT2D eigenvalue weighted by atomic mass is 127. The summed E-state index contributed by atoms with van der Waals surface area (Å²) in [6, 6.07) is 9.96. The highest BCUT2D eigenvalue weighted by Crippen LogP contribution is 2.39. The first-order valence-electron chi connectivity index (χ1n) is 13.1. The van der Waals surface area contributed by atoms with Gasteiger partial charge in [0.1, 0.15) is 22.8 Å². The van der Waals surface area contributed by atoms with Crippen LogP contribution in [0.1, 0.15) is 36.7 Å². The Morgan fingerprint density at radius 3 is 2.68 bits per heavy atom. The Morgan fingerprint density at radius 1 is 1.15 bits per heavy atom. The summed E-state index contributed by atoms with van der Waals surface area (Å²) in [5.74, 6) is 0.917. The standard InChI is InChI=1S/C27H33IN5O7P/c1-2-3-4-23-32-25-26(33(23)16-18-14-19(6-8-22(18)34)40-41(36,37)38)20-7-5-17(13-21(20)31-27(25)29)9-11-39-12-10-30-24(35)15-28/h5-8,13-14,34H,2-4,9-12,15-16H2,1H3,(H2,29,31)(H,30,35)(H2,36,37,38). The number of aryl methyl sites for hydroxylation is 1. The Kier molecular flexibility index (Phi) is 10.4. The van der Waals surface area contributed by atoms with Crippen LogP contribution in [0.4, 0.5) is 5.82 Å². The van der Waals surface area contributed by atoms with Crippen molar-refractivity contribution in [1.29, 1.82) is 0 Å². The summed E-state index contributed by atoms with van der Waals surface area (Å²) >= 11 is 2.01. The molecule has 0 aliphatic heterocycles. The molecule has 0 spiro atoms. The third kappa shape index (κ3) is 8.07. The molecule has 0 saturated heterocycles. The molecule has 4 rings (SSSR count). The van der Waals surface area contributed by atoms with Gasteiger partial charge in [-0.15, -0.1) is 0 Å². The number of phosphoric acid groups is 1. The first-order valence-corrected chi connectivity index (χ1v) is 16.2. The lowest BCUT2D eigenvalue weighted by Gasteiger charge is -2.14. The summed E-state index contributed by atoms with van der Waals surface area (Å²) < 4.78 is 24.1. The number of anilines is 1. The van der Waals surface area contributed by atoms with Crippen LogP contribution in [0.3, 0.4) is 0 Å². The number of halogens is 1. The Hall–Kier alpha value is -2.97. The zero-order valence-corrected chi connectivity index (χ0v) is 25.6. The van der Waals surface area contributed by atoms with Gasteiger partial charge in [-0.2, -0.15) is 0 Å². The third-order valence-corrected chi connectivity index (χ3v) is 7.57. The van der Waals surface area contributed by atoms with Gasteiger partial charge < -0.3 is 30.0 Å². The number of alkyl halides is 1. The minimum absolute atomic E-state index is 0.0202. The largest absolute Gasteiger partial charge is 0.524 e. The van der Waals surface area contributed by atoms with E-state index in [-0.39, 0.29) is 29.8 Å². The molecule has 0 atom stereocenters. The second-order valence-corrected chi connectivity index (χ2v) is 11.4. The van der Waals surface area contributed by atoms with Crippen molar-refractivity contribution in [2.45, 2.75) is 39.2 Å². The molecule has 2 aromatic heterocycles. The van der Waals surface area contributed by atoms with Gasteiger partial charge in [0.25, 0.3) is 0 Å². The molecule has 1 amide bonds. The van der Waals surface area contributed by atoms with Crippen molar-refractivity contribution in [3.8, 4) is 11.5 Å². The Labute approximate surface area is 250 Å². The van der Waals surface area contributed by atoms with Crippen molar-refractivity contribution in [1.82, 2.24) is 19.9 Å². The molecule has 0 fully saturated rings. The molecule has 220 valence electrons. The van der Waals surface area contributed by atoms with Crippen LogP contribution in [0.25, 0.3) is 21.9 Å². The van der Waals surface area contributed by atoms with Crippen LogP contribution in [0, 0.1) is 0 Å². The molecule has 0 aliphatic rings. The minimum Gasteiger partial charge on any atom is -0.508 e. The first kappa shape index (κ1) is 31.0. The number of carbonyl (C=O) groups is 1. The van der Waals surface area contributed by atoms with Gasteiger partial charge >= 0.3 is 7.82 Å². The molecular weight excluding hydrogens is 664 g/mol. The molecule has 14 heteroatoms. The van der Waals surface area contributed by atoms with Crippen molar-refractivity contribution in [3.63, 3.8) is 0 Å². The predicted octanol–water partition coefficient (Wildman–Crippen LogP) is 3.85. The molecule has 12 nitrogen and oxygen atoms in total. The number of nitrogens with one attached hydrogen (secondary N) is 1. The Morgan fingerprint density at radius 2 is 1.95 bits per heavy atom. The van der Waals surface area contributed by atoms with Gasteiger partial charge in [0, 0.05) is 23.9 Å². The number of aromatic nitrogens is 3. The molecule has 2 heterocycles. The molecule has 2 aromatic carbocycles. The number of pyridine rings is 1. The molecule has 0 aliphatic carbocycles. The van der Waals surface area contributed by atoms with E-state index < -0.39 is 7.82 Å². The van der Waals surface area contributed by atoms with E-state index in [1.807, 2.05) is 45.4 Å². The third-order valence-electron chi connectivity index (χ3n) is 6.43. The molecule has 4 aromatic rings. The lowest BCUT2D eigenvalue weighted by Crippen LogP contribution is -2.28. The summed E-state index contributed by atoms with van der Waals surface area (Å²) in [4.78, 5) is 39.2. The topological polar surface area (TPSA) is 182 Å². The number of phosphoric ester groups is 1. The molecule has 41 heavy (non-hydrogen) atoms. The number of nitrogen functional groups attached to an aromatic ring is 1. The average molecular weight is 697 g/mol. The van der Waals surface area contributed by atoms with Crippen LogP contribution in [-0.2, 0) is 33.5 Å². The van der Waals surface area contributed by atoms with Crippen molar-refractivity contribution in [2.75, 3.05) is 29.9 Å². The van der Waals surface area contributed by atoms with Crippen LogP contribution in [0.2, 0.25) is 0 Å². The number of unbranched alkanes of at least 4 members (excludes halogenated alkanes) is 1.